The van der Waals surface area contributed by atoms with Gasteiger partial charge in [-0.3, -0.25) is 9.59 Å². The second-order valence-corrected chi connectivity index (χ2v) is 8.27. The van der Waals surface area contributed by atoms with E-state index in [0.717, 1.165) is 0 Å². The van der Waals surface area contributed by atoms with E-state index < -0.39 is 11.0 Å². The summed E-state index contributed by atoms with van der Waals surface area (Å²) in [5.74, 6) is -0.733. The summed E-state index contributed by atoms with van der Waals surface area (Å²) in [4.78, 5) is 26.5. The molecule has 0 aromatic heterocycles. The van der Waals surface area contributed by atoms with Gasteiger partial charge in [-0.1, -0.05) is 18.2 Å². The molecule has 1 aromatic carbocycles. The summed E-state index contributed by atoms with van der Waals surface area (Å²) in [6, 6.07) is 6.51. The summed E-state index contributed by atoms with van der Waals surface area (Å²) in [6.07, 6.45) is 3.25. The van der Waals surface area contributed by atoms with Crippen molar-refractivity contribution in [3.05, 3.63) is 47.5 Å². The van der Waals surface area contributed by atoms with Crippen LogP contribution in [0, 0.1) is 11.2 Å². The summed E-state index contributed by atoms with van der Waals surface area (Å²) in [5.41, 5.74) is -0.788. The van der Waals surface area contributed by atoms with E-state index in [9.17, 15) is 19.1 Å². The predicted molar refractivity (Wildman–Crippen MR) is 98.3 cm³/mol. The minimum Gasteiger partial charge on any atom is -0.481 e. The maximum Gasteiger partial charge on any atom is 0.289 e. The van der Waals surface area contributed by atoms with Gasteiger partial charge in [-0.15, -0.1) is 0 Å². The van der Waals surface area contributed by atoms with Crippen molar-refractivity contribution >= 4 is 11.7 Å². The molecule has 1 fully saturated rings. The smallest absolute Gasteiger partial charge is 0.289 e. The van der Waals surface area contributed by atoms with Crippen molar-refractivity contribution in [2.45, 2.75) is 45.1 Å². The summed E-state index contributed by atoms with van der Waals surface area (Å²) in [5, 5.41) is 10.1. The first-order valence-electron chi connectivity index (χ1n) is 9.31. The second kappa shape index (κ2) is 7.43. The molecular weight excluding hydrogens is 349 g/mol. The van der Waals surface area contributed by atoms with Gasteiger partial charge in [0.1, 0.15) is 11.4 Å². The molecule has 1 aromatic rings. The number of piperidine rings is 1. The van der Waals surface area contributed by atoms with Crippen molar-refractivity contribution in [2.75, 3.05) is 19.7 Å². The fourth-order valence-corrected chi connectivity index (χ4v) is 4.00. The number of hydrogen-bond acceptors (Lipinski definition) is 4. The highest BCUT2D eigenvalue weighted by Crippen LogP contribution is 2.35. The number of carbonyl (C=O) groups excluding carboxylic acids is 2. The Hall–Kier alpha value is -2.21. The lowest BCUT2D eigenvalue weighted by atomic mass is 9.75. The van der Waals surface area contributed by atoms with Gasteiger partial charge in [0.25, 0.3) is 5.91 Å². The van der Waals surface area contributed by atoms with E-state index in [1.54, 1.807) is 36.9 Å². The van der Waals surface area contributed by atoms with Gasteiger partial charge in [-0.2, -0.15) is 0 Å². The highest BCUT2D eigenvalue weighted by molar-refractivity contribution is 6.01. The molecule has 2 aliphatic rings. The van der Waals surface area contributed by atoms with Crippen LogP contribution in [-0.4, -0.2) is 47.0 Å². The fourth-order valence-electron chi connectivity index (χ4n) is 4.00. The van der Waals surface area contributed by atoms with Crippen LogP contribution in [0.4, 0.5) is 4.39 Å². The normalized spacial score (nSPS) is 25.0. The first-order valence-corrected chi connectivity index (χ1v) is 9.31. The maximum atomic E-state index is 14.1. The molecule has 146 valence electrons. The Kier molecular flexibility index (Phi) is 5.38. The molecule has 2 aliphatic heterocycles. The number of aliphatic hydroxyl groups excluding tert-OH is 1. The second-order valence-electron chi connectivity index (χ2n) is 8.27. The molecule has 1 N–H and O–H groups in total. The third kappa shape index (κ3) is 4.38. The number of hydrogen-bond donors (Lipinski definition) is 1. The average molecular weight is 375 g/mol. The van der Waals surface area contributed by atoms with Gasteiger partial charge in [-0.25, -0.2) is 4.39 Å². The van der Waals surface area contributed by atoms with Gasteiger partial charge >= 0.3 is 0 Å². The largest absolute Gasteiger partial charge is 0.481 e. The number of rotatable bonds is 4. The van der Waals surface area contributed by atoms with Crippen molar-refractivity contribution in [1.29, 1.82) is 0 Å². The van der Waals surface area contributed by atoms with Crippen molar-refractivity contribution in [3.8, 4) is 0 Å². The third-order valence-electron chi connectivity index (χ3n) is 5.30. The lowest BCUT2D eigenvalue weighted by Crippen LogP contribution is -2.50. The maximum absolute atomic E-state index is 14.1. The van der Waals surface area contributed by atoms with Crippen molar-refractivity contribution in [2.24, 2.45) is 5.41 Å². The number of benzene rings is 1. The molecule has 0 spiro atoms. The molecule has 6 heteroatoms. The molecule has 2 heterocycles. The molecule has 0 saturated carbocycles. The number of carbonyl (C=O) groups is 2. The van der Waals surface area contributed by atoms with E-state index in [0.29, 0.717) is 37.9 Å². The molecule has 27 heavy (non-hydrogen) atoms. The van der Waals surface area contributed by atoms with Crippen LogP contribution in [0.25, 0.3) is 0 Å². The third-order valence-corrected chi connectivity index (χ3v) is 5.30. The zero-order valence-corrected chi connectivity index (χ0v) is 15.8. The Morgan fingerprint density at radius 2 is 2.07 bits per heavy atom. The molecule has 0 bridgehead atoms. The number of allylic oxidation sites excluding steroid dienone is 1. The molecular formula is C21H26FNO4. The quantitative estimate of drug-likeness (QED) is 0.879. The van der Waals surface area contributed by atoms with Crippen LogP contribution < -0.4 is 0 Å². The highest BCUT2D eigenvalue weighted by atomic mass is 19.1. The monoisotopic (exact) mass is 375 g/mol. The van der Waals surface area contributed by atoms with Gasteiger partial charge in [-0.05, 0) is 44.7 Å². The number of likely N-dealkylation sites (tertiary alicyclic amines) is 1. The average Bonchev–Trinajstić information content (AvgIpc) is 2.61. The minimum atomic E-state index is -0.714. The summed E-state index contributed by atoms with van der Waals surface area (Å²) in [7, 11) is 0. The lowest BCUT2D eigenvalue weighted by Gasteiger charge is -2.43. The van der Waals surface area contributed by atoms with Crippen molar-refractivity contribution in [3.63, 3.8) is 0 Å². The number of ether oxygens (including phenoxy) is 1. The number of aliphatic hydroxyl groups is 1. The Bertz CT molecular complexity index is 773. The van der Waals surface area contributed by atoms with Crippen molar-refractivity contribution in [1.82, 2.24) is 4.90 Å². The molecule has 0 aliphatic carbocycles. The van der Waals surface area contributed by atoms with Crippen LogP contribution in [0.1, 0.15) is 38.7 Å². The molecule has 1 atom stereocenters. The summed E-state index contributed by atoms with van der Waals surface area (Å²) >= 11 is 0. The Morgan fingerprint density at radius 1 is 1.33 bits per heavy atom. The van der Waals surface area contributed by atoms with Gasteiger partial charge < -0.3 is 14.7 Å². The van der Waals surface area contributed by atoms with Crippen molar-refractivity contribution < 1.29 is 23.8 Å². The van der Waals surface area contributed by atoms with Crippen LogP contribution in [0.15, 0.2) is 36.1 Å². The van der Waals surface area contributed by atoms with Crippen LogP contribution in [0.3, 0.4) is 0 Å². The standard InChI is InChI=1S/C21H26FNO4/c1-20(2)12-16(25)10-18(27-20)19(26)23-9-5-8-21(13-23,14-24)11-15-6-3-4-7-17(15)22/h3-4,6-7,10,24H,5,8-9,11-14H2,1-2H3. The Morgan fingerprint density at radius 3 is 2.74 bits per heavy atom. The van der Waals surface area contributed by atoms with Crippen LogP contribution in [0.5, 0.6) is 0 Å². The minimum absolute atomic E-state index is 0.0517. The number of halogens is 1. The van der Waals surface area contributed by atoms with Gasteiger partial charge in [0.15, 0.2) is 11.5 Å². The summed E-state index contributed by atoms with van der Waals surface area (Å²) < 4.78 is 19.8. The topological polar surface area (TPSA) is 66.8 Å². The molecule has 1 unspecified atom stereocenters. The number of amides is 1. The fraction of sp³-hybridized carbons (Fsp3) is 0.524. The number of nitrogens with zero attached hydrogens (tertiary/aromatic N) is 1. The van der Waals surface area contributed by atoms with E-state index in [-0.39, 0.29) is 36.3 Å². The van der Waals surface area contributed by atoms with E-state index >= 15 is 0 Å². The molecule has 1 saturated heterocycles. The van der Waals surface area contributed by atoms with Gasteiger partial charge in [0.2, 0.25) is 0 Å². The zero-order valence-electron chi connectivity index (χ0n) is 15.8. The van der Waals surface area contributed by atoms with Gasteiger partial charge in [0, 0.05) is 31.0 Å². The predicted octanol–water partition coefficient (Wildman–Crippen LogP) is 2.62. The first kappa shape index (κ1) is 19.5. The Labute approximate surface area is 158 Å². The molecule has 0 radical (unpaired) electrons. The molecule has 3 rings (SSSR count). The zero-order chi connectivity index (χ0) is 19.7. The van der Waals surface area contributed by atoms with Crippen LogP contribution in [0.2, 0.25) is 0 Å². The summed E-state index contributed by atoms with van der Waals surface area (Å²) in [6.45, 7) is 4.23. The van der Waals surface area contributed by atoms with Gasteiger partial charge in [0.05, 0.1) is 6.61 Å². The molecule has 5 nitrogen and oxygen atoms in total. The Balaban J connectivity index is 1.79. The first-order chi connectivity index (χ1) is 12.7. The van der Waals surface area contributed by atoms with E-state index in [2.05, 4.69) is 0 Å². The lowest BCUT2D eigenvalue weighted by molar-refractivity contribution is -0.141. The SMILES string of the molecule is CC1(C)CC(=O)C=C(C(=O)N2CCCC(CO)(Cc3ccccc3F)C2)O1. The van der Waals surface area contributed by atoms with E-state index in [1.807, 2.05) is 0 Å². The number of ketones is 1. The van der Waals surface area contributed by atoms with E-state index in [1.165, 1.54) is 12.1 Å². The highest BCUT2D eigenvalue weighted by Gasteiger charge is 2.40. The van der Waals surface area contributed by atoms with E-state index in [4.69, 9.17) is 4.74 Å². The molecule has 1 amide bonds. The van der Waals surface area contributed by atoms with Crippen LogP contribution in [-0.2, 0) is 20.7 Å². The van der Waals surface area contributed by atoms with Crippen LogP contribution >= 0.6 is 0 Å².